The molecule has 6 nitrogen and oxygen atoms in total. The number of hydrogen-bond donors (Lipinski definition) is 2. The van der Waals surface area contributed by atoms with Gasteiger partial charge >= 0.3 is 0 Å². The summed E-state index contributed by atoms with van der Waals surface area (Å²) < 4.78 is 0. The topological polar surface area (TPSA) is 92.5 Å². The molecule has 0 aromatic carbocycles. The fourth-order valence-corrected chi connectivity index (χ4v) is 3.29. The smallest absolute Gasteiger partial charge is 0.251 e. The van der Waals surface area contributed by atoms with Gasteiger partial charge in [-0.25, -0.2) is 0 Å². The van der Waals surface area contributed by atoms with Crippen LogP contribution in [0.25, 0.3) is 0 Å². The molecule has 1 aliphatic heterocycles. The van der Waals surface area contributed by atoms with Crippen molar-refractivity contribution >= 4 is 17.7 Å². The molecule has 0 radical (unpaired) electrons. The summed E-state index contributed by atoms with van der Waals surface area (Å²) in [5, 5.41) is 2.85. The normalized spacial score (nSPS) is 26.4. The van der Waals surface area contributed by atoms with E-state index in [2.05, 4.69) is 5.32 Å². The molecule has 3 amide bonds. The fourth-order valence-electron chi connectivity index (χ4n) is 3.29. The van der Waals surface area contributed by atoms with Crippen LogP contribution in [-0.2, 0) is 14.4 Å². The zero-order valence-electron chi connectivity index (χ0n) is 12.7. The van der Waals surface area contributed by atoms with Crippen molar-refractivity contribution in [3.8, 4) is 0 Å². The number of rotatable bonds is 3. The van der Waals surface area contributed by atoms with Crippen LogP contribution in [0.3, 0.4) is 0 Å². The number of nitrogens with two attached hydrogens (primary N) is 1. The number of amides is 3. The second kappa shape index (κ2) is 6.56. The molecule has 3 N–H and O–H groups in total. The minimum Gasteiger partial charge on any atom is -0.344 e. The van der Waals surface area contributed by atoms with E-state index in [4.69, 9.17) is 5.73 Å². The van der Waals surface area contributed by atoms with E-state index in [9.17, 15) is 14.4 Å². The maximum absolute atomic E-state index is 12.7. The highest BCUT2D eigenvalue weighted by Gasteiger charge is 2.40. The van der Waals surface area contributed by atoms with Crippen molar-refractivity contribution in [2.24, 2.45) is 11.1 Å². The molecule has 2 aliphatic rings. The molecular weight excluding hydrogens is 270 g/mol. The fraction of sp³-hybridized carbons (Fsp3) is 0.800. The number of piperidine rings is 1. The van der Waals surface area contributed by atoms with Gasteiger partial charge in [0.2, 0.25) is 11.8 Å². The Morgan fingerprint density at radius 1 is 1.29 bits per heavy atom. The zero-order valence-corrected chi connectivity index (χ0v) is 12.7. The monoisotopic (exact) mass is 295 g/mol. The Hall–Kier alpha value is -1.43. The molecule has 118 valence electrons. The standard InChI is InChI=1S/C15H25N3O3/c1-18-12(19)7-6-11(13(18)20)17-14(21)15(10-16)8-4-2-3-5-9-15/h11H,2-10,16H2,1H3,(H,17,21). The van der Waals surface area contributed by atoms with Gasteiger partial charge in [0.1, 0.15) is 6.04 Å². The molecule has 1 aliphatic carbocycles. The first-order valence-electron chi connectivity index (χ1n) is 7.81. The lowest BCUT2D eigenvalue weighted by molar-refractivity contribution is -0.150. The van der Waals surface area contributed by atoms with Gasteiger partial charge in [-0.2, -0.15) is 0 Å². The third-order valence-corrected chi connectivity index (χ3v) is 4.89. The molecule has 1 saturated carbocycles. The first-order valence-corrected chi connectivity index (χ1v) is 7.81. The van der Waals surface area contributed by atoms with Crippen molar-refractivity contribution in [2.75, 3.05) is 13.6 Å². The Bertz CT molecular complexity index is 428. The predicted molar refractivity (Wildman–Crippen MR) is 78.1 cm³/mol. The Balaban J connectivity index is 2.05. The van der Waals surface area contributed by atoms with E-state index in [1.54, 1.807) is 0 Å². The van der Waals surface area contributed by atoms with Gasteiger partial charge in [-0.3, -0.25) is 19.3 Å². The van der Waals surface area contributed by atoms with Crippen LogP contribution in [0.15, 0.2) is 0 Å². The predicted octanol–water partition coefficient (Wildman–Crippen LogP) is 0.549. The average Bonchev–Trinajstić information content (AvgIpc) is 2.74. The van der Waals surface area contributed by atoms with Gasteiger partial charge in [-0.15, -0.1) is 0 Å². The van der Waals surface area contributed by atoms with Gasteiger partial charge < -0.3 is 11.1 Å². The summed E-state index contributed by atoms with van der Waals surface area (Å²) in [4.78, 5) is 37.3. The number of likely N-dealkylation sites (tertiary alicyclic amines) is 1. The minimum absolute atomic E-state index is 0.118. The van der Waals surface area contributed by atoms with Gasteiger partial charge in [0.15, 0.2) is 0 Å². The van der Waals surface area contributed by atoms with E-state index in [-0.39, 0.29) is 17.7 Å². The molecule has 1 heterocycles. The van der Waals surface area contributed by atoms with Crippen molar-refractivity contribution in [3.63, 3.8) is 0 Å². The van der Waals surface area contributed by atoms with Crippen LogP contribution in [0.1, 0.15) is 51.4 Å². The number of carbonyl (C=O) groups is 3. The van der Waals surface area contributed by atoms with Crippen molar-refractivity contribution < 1.29 is 14.4 Å². The molecule has 2 rings (SSSR count). The number of nitrogens with one attached hydrogen (secondary N) is 1. The van der Waals surface area contributed by atoms with E-state index in [0.29, 0.717) is 19.4 Å². The van der Waals surface area contributed by atoms with E-state index in [0.717, 1.165) is 43.4 Å². The SMILES string of the molecule is CN1C(=O)CCC(NC(=O)C2(CN)CCCCCC2)C1=O. The first kappa shape index (κ1) is 15.9. The molecule has 0 aromatic heterocycles. The van der Waals surface area contributed by atoms with E-state index in [1.165, 1.54) is 7.05 Å². The van der Waals surface area contributed by atoms with Crippen LogP contribution in [0.5, 0.6) is 0 Å². The van der Waals surface area contributed by atoms with Crippen LogP contribution in [-0.4, -0.2) is 42.3 Å². The van der Waals surface area contributed by atoms with Crippen LogP contribution in [0.4, 0.5) is 0 Å². The zero-order chi connectivity index (χ0) is 15.5. The van der Waals surface area contributed by atoms with Gasteiger partial charge in [-0.1, -0.05) is 25.7 Å². The summed E-state index contributed by atoms with van der Waals surface area (Å²) in [5.41, 5.74) is 5.34. The molecule has 1 atom stereocenters. The molecule has 6 heteroatoms. The summed E-state index contributed by atoms with van der Waals surface area (Å²) in [6.07, 6.45) is 6.51. The van der Waals surface area contributed by atoms with Crippen LogP contribution in [0, 0.1) is 5.41 Å². The van der Waals surface area contributed by atoms with Crippen LogP contribution in [0.2, 0.25) is 0 Å². The second-order valence-corrected chi connectivity index (χ2v) is 6.25. The largest absolute Gasteiger partial charge is 0.344 e. The molecule has 0 aromatic rings. The lowest BCUT2D eigenvalue weighted by Gasteiger charge is -2.34. The maximum Gasteiger partial charge on any atom is 0.251 e. The molecule has 21 heavy (non-hydrogen) atoms. The van der Waals surface area contributed by atoms with E-state index in [1.807, 2.05) is 0 Å². The van der Waals surface area contributed by atoms with Gasteiger partial charge in [0.25, 0.3) is 5.91 Å². The third kappa shape index (κ3) is 3.26. The highest BCUT2D eigenvalue weighted by Crippen LogP contribution is 2.34. The minimum atomic E-state index is -0.591. The average molecular weight is 295 g/mol. The summed E-state index contributed by atoms with van der Waals surface area (Å²) in [6.45, 7) is 0.314. The molecular formula is C15H25N3O3. The van der Waals surface area contributed by atoms with Crippen molar-refractivity contribution in [3.05, 3.63) is 0 Å². The lowest BCUT2D eigenvalue weighted by atomic mass is 9.79. The summed E-state index contributed by atoms with van der Waals surface area (Å²) >= 11 is 0. The molecule has 2 fully saturated rings. The van der Waals surface area contributed by atoms with Crippen molar-refractivity contribution in [1.82, 2.24) is 10.2 Å². The highest BCUT2D eigenvalue weighted by molar-refractivity contribution is 6.01. The summed E-state index contributed by atoms with van der Waals surface area (Å²) in [5.74, 6) is -0.623. The van der Waals surface area contributed by atoms with Crippen molar-refractivity contribution in [2.45, 2.75) is 57.4 Å². The highest BCUT2D eigenvalue weighted by atomic mass is 16.2. The number of nitrogens with zero attached hydrogens (tertiary/aromatic N) is 1. The lowest BCUT2D eigenvalue weighted by Crippen LogP contribution is -2.56. The van der Waals surface area contributed by atoms with E-state index >= 15 is 0 Å². The number of imide groups is 1. The number of likely N-dealkylation sites (N-methyl/N-ethyl adjacent to an activating group) is 1. The maximum atomic E-state index is 12.7. The molecule has 0 spiro atoms. The van der Waals surface area contributed by atoms with Crippen molar-refractivity contribution in [1.29, 1.82) is 0 Å². The van der Waals surface area contributed by atoms with E-state index < -0.39 is 11.5 Å². The Kier molecular flexibility index (Phi) is 4.98. The first-order chi connectivity index (χ1) is 10.00. The second-order valence-electron chi connectivity index (χ2n) is 6.25. The number of hydrogen-bond acceptors (Lipinski definition) is 4. The van der Waals surface area contributed by atoms with Gasteiger partial charge in [0, 0.05) is 20.0 Å². The van der Waals surface area contributed by atoms with Crippen LogP contribution < -0.4 is 11.1 Å². The van der Waals surface area contributed by atoms with Crippen LogP contribution >= 0.6 is 0 Å². The molecule has 1 saturated heterocycles. The Morgan fingerprint density at radius 3 is 2.48 bits per heavy atom. The number of carbonyl (C=O) groups excluding carboxylic acids is 3. The Morgan fingerprint density at radius 2 is 1.90 bits per heavy atom. The van der Waals surface area contributed by atoms with Gasteiger partial charge in [-0.05, 0) is 19.3 Å². The quantitative estimate of drug-likeness (QED) is 0.587. The third-order valence-electron chi connectivity index (χ3n) is 4.89. The molecule has 1 unspecified atom stereocenters. The summed E-state index contributed by atoms with van der Waals surface area (Å²) in [7, 11) is 1.47. The molecule has 0 bridgehead atoms. The summed E-state index contributed by atoms with van der Waals surface area (Å²) in [6, 6.07) is -0.591. The Labute approximate surface area is 125 Å². The van der Waals surface area contributed by atoms with Gasteiger partial charge in [0.05, 0.1) is 5.41 Å².